The lowest BCUT2D eigenvalue weighted by atomic mass is 10.0. The number of carbonyl (C=O) groups is 1. The number of nitrogens with zero attached hydrogens (tertiary/aromatic N) is 3. The van der Waals surface area contributed by atoms with Gasteiger partial charge >= 0.3 is 0 Å². The molecule has 0 unspecified atom stereocenters. The van der Waals surface area contributed by atoms with Gasteiger partial charge in [0.15, 0.2) is 0 Å². The molecule has 32 heavy (non-hydrogen) atoms. The zero-order valence-electron chi connectivity index (χ0n) is 18.3. The lowest BCUT2D eigenvalue weighted by Gasteiger charge is -2.38. The molecule has 0 spiro atoms. The van der Waals surface area contributed by atoms with Crippen molar-refractivity contribution in [3.8, 4) is 5.75 Å². The van der Waals surface area contributed by atoms with E-state index in [1.54, 1.807) is 18.5 Å². The molecule has 1 aliphatic rings. The quantitative estimate of drug-likeness (QED) is 0.552. The molecule has 4 rings (SSSR count). The van der Waals surface area contributed by atoms with Crippen LogP contribution >= 0.6 is 0 Å². The standard InChI is InChI=1S/C26H28FN3O2/c1-29(23-7-9-25(10-8-23)32-19-21-4-2-6-22(27)16-21)24-11-14-30(15-12-24)26(31)17-20-5-3-13-28-18-20/h2-10,13,16,18,24H,11-12,14-15,17,19H2,1H3. The number of aromatic nitrogens is 1. The fourth-order valence-corrected chi connectivity index (χ4v) is 4.07. The van der Waals surface area contributed by atoms with E-state index < -0.39 is 0 Å². The fraction of sp³-hybridized carbons (Fsp3) is 0.308. The number of anilines is 1. The summed E-state index contributed by atoms with van der Waals surface area (Å²) in [6.07, 6.45) is 5.76. The van der Waals surface area contributed by atoms with Crippen molar-refractivity contribution in [2.24, 2.45) is 0 Å². The Balaban J connectivity index is 1.26. The first-order chi connectivity index (χ1) is 15.6. The van der Waals surface area contributed by atoms with Gasteiger partial charge in [-0.3, -0.25) is 9.78 Å². The van der Waals surface area contributed by atoms with Crippen molar-refractivity contribution in [1.29, 1.82) is 0 Å². The molecule has 6 heteroatoms. The highest BCUT2D eigenvalue weighted by molar-refractivity contribution is 5.78. The monoisotopic (exact) mass is 433 g/mol. The second kappa shape index (κ2) is 10.3. The number of benzene rings is 2. The van der Waals surface area contributed by atoms with Crippen molar-refractivity contribution in [3.05, 3.63) is 90.0 Å². The zero-order chi connectivity index (χ0) is 22.3. The molecule has 0 aliphatic carbocycles. The molecule has 1 saturated heterocycles. The Kier molecular flexibility index (Phi) is 7.00. The summed E-state index contributed by atoms with van der Waals surface area (Å²) in [6.45, 7) is 1.87. The summed E-state index contributed by atoms with van der Waals surface area (Å²) >= 11 is 0. The minimum Gasteiger partial charge on any atom is -0.489 e. The van der Waals surface area contributed by atoms with E-state index in [2.05, 4.69) is 16.9 Å². The van der Waals surface area contributed by atoms with Gasteiger partial charge in [-0.15, -0.1) is 0 Å². The van der Waals surface area contributed by atoms with Crippen LogP contribution in [0.25, 0.3) is 0 Å². The van der Waals surface area contributed by atoms with Gasteiger partial charge in [-0.25, -0.2) is 4.39 Å². The Hall–Kier alpha value is -3.41. The molecule has 3 aromatic rings. The average molecular weight is 434 g/mol. The van der Waals surface area contributed by atoms with Crippen LogP contribution in [-0.2, 0) is 17.8 Å². The van der Waals surface area contributed by atoms with Crippen LogP contribution in [-0.4, -0.2) is 42.0 Å². The first-order valence-electron chi connectivity index (χ1n) is 11.0. The Morgan fingerprint density at radius 3 is 2.53 bits per heavy atom. The van der Waals surface area contributed by atoms with Gasteiger partial charge in [0.1, 0.15) is 18.2 Å². The van der Waals surface area contributed by atoms with Crippen LogP contribution in [0.1, 0.15) is 24.0 Å². The van der Waals surface area contributed by atoms with E-state index >= 15 is 0 Å². The summed E-state index contributed by atoms with van der Waals surface area (Å²) in [5.74, 6) is 0.661. The molecule has 2 heterocycles. The number of amides is 1. The van der Waals surface area contributed by atoms with Gasteiger partial charge in [-0.2, -0.15) is 0 Å². The summed E-state index contributed by atoms with van der Waals surface area (Å²) in [7, 11) is 2.10. The van der Waals surface area contributed by atoms with Crippen LogP contribution in [0.5, 0.6) is 5.75 Å². The van der Waals surface area contributed by atoms with Crippen molar-refractivity contribution in [2.45, 2.75) is 31.9 Å². The molecule has 0 atom stereocenters. The predicted molar refractivity (Wildman–Crippen MR) is 123 cm³/mol. The van der Waals surface area contributed by atoms with Crippen LogP contribution in [0.2, 0.25) is 0 Å². The molecular weight excluding hydrogens is 405 g/mol. The highest BCUT2D eigenvalue weighted by atomic mass is 19.1. The van der Waals surface area contributed by atoms with Crippen LogP contribution in [0.4, 0.5) is 10.1 Å². The van der Waals surface area contributed by atoms with E-state index in [1.165, 1.54) is 12.1 Å². The predicted octanol–water partition coefficient (Wildman–Crippen LogP) is 4.47. The summed E-state index contributed by atoms with van der Waals surface area (Å²) in [6, 6.07) is 18.6. The lowest BCUT2D eigenvalue weighted by Crippen LogP contribution is -2.46. The van der Waals surface area contributed by atoms with Crippen molar-refractivity contribution >= 4 is 11.6 Å². The highest BCUT2D eigenvalue weighted by Gasteiger charge is 2.25. The van der Waals surface area contributed by atoms with Crippen LogP contribution in [0.15, 0.2) is 73.1 Å². The molecule has 1 aliphatic heterocycles. The van der Waals surface area contributed by atoms with Gasteiger partial charge in [0.2, 0.25) is 5.91 Å². The number of hydrogen-bond acceptors (Lipinski definition) is 4. The first-order valence-corrected chi connectivity index (χ1v) is 11.0. The van der Waals surface area contributed by atoms with E-state index in [0.717, 1.165) is 48.5 Å². The van der Waals surface area contributed by atoms with Crippen LogP contribution < -0.4 is 9.64 Å². The molecule has 1 aromatic heterocycles. The van der Waals surface area contributed by atoms with Gasteiger partial charge in [0.25, 0.3) is 0 Å². The molecule has 0 saturated carbocycles. The van der Waals surface area contributed by atoms with E-state index in [1.807, 2.05) is 47.4 Å². The van der Waals surface area contributed by atoms with Gasteiger partial charge in [-0.1, -0.05) is 18.2 Å². The molecule has 5 nitrogen and oxygen atoms in total. The normalized spacial score (nSPS) is 14.2. The lowest BCUT2D eigenvalue weighted by molar-refractivity contribution is -0.131. The highest BCUT2D eigenvalue weighted by Crippen LogP contribution is 2.25. The van der Waals surface area contributed by atoms with Crippen molar-refractivity contribution < 1.29 is 13.9 Å². The smallest absolute Gasteiger partial charge is 0.227 e. The number of hydrogen-bond donors (Lipinski definition) is 0. The van der Waals surface area contributed by atoms with E-state index in [0.29, 0.717) is 19.1 Å². The molecule has 0 N–H and O–H groups in total. The van der Waals surface area contributed by atoms with E-state index in [4.69, 9.17) is 4.74 Å². The van der Waals surface area contributed by atoms with Crippen LogP contribution in [0.3, 0.4) is 0 Å². The maximum absolute atomic E-state index is 13.3. The molecule has 0 bridgehead atoms. The van der Waals surface area contributed by atoms with Crippen molar-refractivity contribution in [1.82, 2.24) is 9.88 Å². The molecule has 1 amide bonds. The number of carbonyl (C=O) groups excluding carboxylic acids is 1. The Bertz CT molecular complexity index is 1020. The minimum absolute atomic E-state index is 0.166. The zero-order valence-corrected chi connectivity index (χ0v) is 18.3. The third-order valence-corrected chi connectivity index (χ3v) is 5.98. The largest absolute Gasteiger partial charge is 0.489 e. The SMILES string of the molecule is CN(c1ccc(OCc2cccc(F)c2)cc1)C1CCN(C(=O)Cc2cccnc2)CC1. The van der Waals surface area contributed by atoms with Gasteiger partial charge in [0.05, 0.1) is 6.42 Å². The van der Waals surface area contributed by atoms with E-state index in [-0.39, 0.29) is 11.7 Å². The third-order valence-electron chi connectivity index (χ3n) is 5.98. The van der Waals surface area contributed by atoms with Gasteiger partial charge in [0, 0.05) is 44.3 Å². The summed E-state index contributed by atoms with van der Waals surface area (Å²) < 4.78 is 19.1. The number of halogens is 1. The number of likely N-dealkylation sites (tertiary alicyclic amines) is 1. The second-order valence-corrected chi connectivity index (χ2v) is 8.17. The van der Waals surface area contributed by atoms with Crippen LogP contribution in [0, 0.1) is 5.82 Å². The average Bonchev–Trinajstić information content (AvgIpc) is 2.83. The van der Waals surface area contributed by atoms with Gasteiger partial charge in [-0.05, 0) is 66.4 Å². The van der Waals surface area contributed by atoms with Crippen molar-refractivity contribution in [2.75, 3.05) is 25.0 Å². The third kappa shape index (κ3) is 5.63. The summed E-state index contributed by atoms with van der Waals surface area (Å²) in [4.78, 5) is 20.9. The number of ether oxygens (including phenoxy) is 1. The molecule has 0 radical (unpaired) electrons. The maximum Gasteiger partial charge on any atom is 0.227 e. The Morgan fingerprint density at radius 1 is 1.09 bits per heavy atom. The molecular formula is C26H28FN3O2. The summed E-state index contributed by atoms with van der Waals surface area (Å²) in [5, 5.41) is 0. The fourth-order valence-electron chi connectivity index (χ4n) is 4.07. The summed E-state index contributed by atoms with van der Waals surface area (Å²) in [5.41, 5.74) is 2.87. The number of pyridine rings is 1. The maximum atomic E-state index is 13.3. The minimum atomic E-state index is -0.257. The topological polar surface area (TPSA) is 45.7 Å². The Morgan fingerprint density at radius 2 is 1.84 bits per heavy atom. The van der Waals surface area contributed by atoms with Gasteiger partial charge < -0.3 is 14.5 Å². The van der Waals surface area contributed by atoms with Crippen molar-refractivity contribution in [3.63, 3.8) is 0 Å². The molecule has 1 fully saturated rings. The number of rotatable bonds is 7. The number of piperidine rings is 1. The molecule has 166 valence electrons. The second-order valence-electron chi connectivity index (χ2n) is 8.17. The van der Waals surface area contributed by atoms with E-state index in [9.17, 15) is 9.18 Å². The molecule has 2 aromatic carbocycles. The first kappa shape index (κ1) is 21.8. The Labute approximate surface area is 188 Å².